The van der Waals surface area contributed by atoms with Gasteiger partial charge in [0.1, 0.15) is 12.4 Å². The lowest BCUT2D eigenvalue weighted by Crippen LogP contribution is -2.32. The highest BCUT2D eigenvalue weighted by molar-refractivity contribution is 6.03. The average Bonchev–Trinajstić information content (AvgIpc) is 3.23. The third-order valence-electron chi connectivity index (χ3n) is 4.79. The van der Waals surface area contributed by atoms with Crippen LogP contribution in [-0.4, -0.2) is 33.5 Å². The average molecular weight is 445 g/mol. The van der Waals surface area contributed by atoms with Crippen LogP contribution in [0.15, 0.2) is 72.8 Å². The number of rotatable bonds is 8. The molecule has 3 N–H and O–H groups in total. The van der Waals surface area contributed by atoms with Crippen molar-refractivity contribution in [3.05, 3.63) is 94.0 Å². The molecule has 1 heterocycles. The molecule has 0 aliphatic heterocycles. The zero-order valence-electron chi connectivity index (χ0n) is 17.3. The number of amides is 2. The normalized spacial score (nSPS) is 10.5. The van der Waals surface area contributed by atoms with Crippen molar-refractivity contribution in [3.63, 3.8) is 0 Å². The van der Waals surface area contributed by atoms with Crippen molar-refractivity contribution < 1.29 is 19.2 Å². The van der Waals surface area contributed by atoms with Gasteiger partial charge in [-0.1, -0.05) is 18.2 Å². The molecule has 10 nitrogen and oxygen atoms in total. The second-order valence-electron chi connectivity index (χ2n) is 7.09. The van der Waals surface area contributed by atoms with Gasteiger partial charge in [0.15, 0.2) is 5.82 Å². The second kappa shape index (κ2) is 9.60. The van der Waals surface area contributed by atoms with Gasteiger partial charge in [-0.3, -0.25) is 24.8 Å². The second-order valence-corrected chi connectivity index (χ2v) is 7.09. The Kier molecular flexibility index (Phi) is 6.26. The molecule has 0 unspecified atom stereocenters. The molecule has 0 saturated carbocycles. The number of hydrogen-bond acceptors (Lipinski definition) is 6. The van der Waals surface area contributed by atoms with Crippen LogP contribution in [0.3, 0.4) is 0 Å². The van der Waals surface area contributed by atoms with Crippen molar-refractivity contribution >= 4 is 34.2 Å². The first-order valence-corrected chi connectivity index (χ1v) is 9.97. The van der Waals surface area contributed by atoms with Crippen molar-refractivity contribution in [1.82, 2.24) is 15.5 Å². The Hall–Kier alpha value is -4.73. The maximum absolute atomic E-state index is 12.3. The number of benzene rings is 3. The lowest BCUT2D eigenvalue weighted by Gasteiger charge is -2.08. The molecule has 166 valence electrons. The Morgan fingerprint density at radius 2 is 1.79 bits per heavy atom. The Balaban J connectivity index is 1.37. The van der Waals surface area contributed by atoms with E-state index >= 15 is 0 Å². The molecule has 0 aliphatic carbocycles. The van der Waals surface area contributed by atoms with Crippen LogP contribution in [-0.2, 0) is 11.4 Å². The summed E-state index contributed by atoms with van der Waals surface area (Å²) in [6.45, 7) is 0.00692. The number of nitrogens with zero attached hydrogens (tertiary/aromatic N) is 2. The number of carbonyl (C=O) groups is 2. The number of hydrogen-bond donors (Lipinski definition) is 3. The van der Waals surface area contributed by atoms with Gasteiger partial charge in [-0.2, -0.15) is 5.10 Å². The maximum atomic E-state index is 12.3. The number of ether oxygens (including phenoxy) is 1. The quantitative estimate of drug-likeness (QED) is 0.280. The molecule has 0 radical (unpaired) electrons. The highest BCUT2D eigenvalue weighted by Gasteiger charge is 2.12. The number of anilines is 1. The molecule has 0 bridgehead atoms. The molecule has 0 spiro atoms. The standard InChI is InChI=1S/C23H19N5O5/c29-21(13-24-23(30)16-4-2-1-3-5-16)25-22-19-12-18(10-11-20(19)26-27-22)33-14-15-6-8-17(9-7-15)28(31)32/h1-12H,13-14H2,(H,24,30)(H2,25,26,27,29). The lowest BCUT2D eigenvalue weighted by atomic mass is 10.2. The fourth-order valence-corrected chi connectivity index (χ4v) is 3.09. The van der Waals surface area contributed by atoms with Crippen molar-refractivity contribution in [2.75, 3.05) is 11.9 Å². The molecule has 0 atom stereocenters. The molecule has 0 aliphatic rings. The van der Waals surface area contributed by atoms with Crippen LogP contribution in [0.1, 0.15) is 15.9 Å². The molecule has 1 aromatic heterocycles. The van der Waals surface area contributed by atoms with Gasteiger partial charge < -0.3 is 15.4 Å². The Bertz CT molecular complexity index is 1300. The van der Waals surface area contributed by atoms with E-state index in [1.165, 1.54) is 12.1 Å². The first-order valence-electron chi connectivity index (χ1n) is 9.97. The van der Waals surface area contributed by atoms with Crippen molar-refractivity contribution in [1.29, 1.82) is 0 Å². The predicted octanol–water partition coefficient (Wildman–Crippen LogP) is 3.42. The summed E-state index contributed by atoms with van der Waals surface area (Å²) in [6, 6.07) is 19.9. The van der Waals surface area contributed by atoms with Gasteiger partial charge in [0, 0.05) is 23.1 Å². The fraction of sp³-hybridized carbons (Fsp3) is 0.0870. The summed E-state index contributed by atoms with van der Waals surface area (Å²) in [6.07, 6.45) is 0. The third kappa shape index (κ3) is 5.31. The van der Waals surface area contributed by atoms with Crippen LogP contribution in [0.4, 0.5) is 11.5 Å². The molecule has 0 fully saturated rings. The van der Waals surface area contributed by atoms with Gasteiger partial charge in [-0.05, 0) is 48.0 Å². The fourth-order valence-electron chi connectivity index (χ4n) is 3.09. The number of nitro groups is 1. The van der Waals surface area contributed by atoms with Gasteiger partial charge in [0.05, 0.1) is 17.0 Å². The lowest BCUT2D eigenvalue weighted by molar-refractivity contribution is -0.384. The first kappa shape index (κ1) is 21.5. The zero-order chi connectivity index (χ0) is 23.2. The molecular formula is C23H19N5O5. The van der Waals surface area contributed by atoms with Gasteiger partial charge in [-0.25, -0.2) is 0 Å². The first-order chi connectivity index (χ1) is 16.0. The molecule has 4 rings (SSSR count). The number of nitro benzene ring substituents is 1. The number of aromatic amines is 1. The molecule has 4 aromatic rings. The number of fused-ring (bicyclic) bond motifs is 1. The number of carbonyl (C=O) groups excluding carboxylic acids is 2. The van der Waals surface area contributed by atoms with E-state index in [2.05, 4.69) is 20.8 Å². The van der Waals surface area contributed by atoms with Crippen LogP contribution in [0.5, 0.6) is 5.75 Å². The number of aromatic nitrogens is 2. The van der Waals surface area contributed by atoms with E-state index in [0.717, 1.165) is 5.56 Å². The molecule has 33 heavy (non-hydrogen) atoms. The summed E-state index contributed by atoms with van der Waals surface area (Å²) < 4.78 is 5.78. The summed E-state index contributed by atoms with van der Waals surface area (Å²) in [5.74, 6) is 0.0735. The summed E-state index contributed by atoms with van der Waals surface area (Å²) in [5.41, 5.74) is 1.95. The Labute approximate surface area is 187 Å². The summed E-state index contributed by atoms with van der Waals surface area (Å²) in [4.78, 5) is 34.7. The molecule has 0 saturated heterocycles. The number of non-ortho nitro benzene ring substituents is 1. The SMILES string of the molecule is O=C(CNC(=O)c1ccccc1)Nc1n[nH]c2ccc(OCc3ccc([N+](=O)[O-])cc3)cc12. The zero-order valence-corrected chi connectivity index (χ0v) is 17.3. The molecule has 3 aromatic carbocycles. The minimum atomic E-state index is -0.458. The smallest absolute Gasteiger partial charge is 0.269 e. The van der Waals surface area contributed by atoms with E-state index in [-0.39, 0.29) is 24.7 Å². The Morgan fingerprint density at radius 3 is 2.52 bits per heavy atom. The predicted molar refractivity (Wildman–Crippen MR) is 121 cm³/mol. The van der Waals surface area contributed by atoms with Crippen LogP contribution in [0.25, 0.3) is 10.9 Å². The van der Waals surface area contributed by atoms with Crippen LogP contribution < -0.4 is 15.4 Å². The van der Waals surface area contributed by atoms with Crippen molar-refractivity contribution in [3.8, 4) is 5.75 Å². The highest BCUT2D eigenvalue weighted by Crippen LogP contribution is 2.26. The maximum Gasteiger partial charge on any atom is 0.269 e. The van der Waals surface area contributed by atoms with E-state index in [1.807, 2.05) is 0 Å². The largest absolute Gasteiger partial charge is 0.489 e. The number of H-pyrrole nitrogens is 1. The minimum Gasteiger partial charge on any atom is -0.489 e. The van der Waals surface area contributed by atoms with Crippen molar-refractivity contribution in [2.24, 2.45) is 0 Å². The highest BCUT2D eigenvalue weighted by atomic mass is 16.6. The van der Waals surface area contributed by atoms with Gasteiger partial charge >= 0.3 is 0 Å². The van der Waals surface area contributed by atoms with Gasteiger partial charge in [-0.15, -0.1) is 0 Å². The third-order valence-corrected chi connectivity index (χ3v) is 4.79. The van der Waals surface area contributed by atoms with Gasteiger partial charge in [0.25, 0.3) is 11.6 Å². The van der Waals surface area contributed by atoms with Crippen LogP contribution >= 0.6 is 0 Å². The molecular weight excluding hydrogens is 426 g/mol. The van der Waals surface area contributed by atoms with E-state index in [1.54, 1.807) is 60.7 Å². The van der Waals surface area contributed by atoms with Gasteiger partial charge in [0.2, 0.25) is 5.91 Å². The van der Waals surface area contributed by atoms with E-state index in [0.29, 0.717) is 28.0 Å². The van der Waals surface area contributed by atoms with E-state index in [4.69, 9.17) is 4.74 Å². The molecule has 10 heteroatoms. The topological polar surface area (TPSA) is 139 Å². The summed E-state index contributed by atoms with van der Waals surface area (Å²) >= 11 is 0. The van der Waals surface area contributed by atoms with Crippen LogP contribution in [0.2, 0.25) is 0 Å². The summed E-state index contributed by atoms with van der Waals surface area (Å²) in [7, 11) is 0. The monoisotopic (exact) mass is 445 g/mol. The summed E-state index contributed by atoms with van der Waals surface area (Å²) in [5, 5.41) is 23.6. The van der Waals surface area contributed by atoms with Crippen molar-refractivity contribution in [2.45, 2.75) is 6.61 Å². The molecule has 2 amide bonds. The number of nitrogens with one attached hydrogen (secondary N) is 3. The van der Waals surface area contributed by atoms with E-state index < -0.39 is 10.8 Å². The van der Waals surface area contributed by atoms with Crippen LogP contribution in [0, 0.1) is 10.1 Å². The Morgan fingerprint density at radius 1 is 1.03 bits per heavy atom. The minimum absolute atomic E-state index is 0.0129. The van der Waals surface area contributed by atoms with E-state index in [9.17, 15) is 19.7 Å².